The van der Waals surface area contributed by atoms with Crippen LogP contribution >= 0.6 is 12.6 Å². The molecule has 0 unspecified atom stereocenters. The van der Waals surface area contributed by atoms with Crippen LogP contribution in [0.15, 0.2) is 41.3 Å². The summed E-state index contributed by atoms with van der Waals surface area (Å²) in [6, 6.07) is 9.75. The Kier molecular flexibility index (Phi) is 3.48. The first-order valence-electron chi connectivity index (χ1n) is 6.27. The molecule has 1 aromatic heterocycles. The predicted octanol–water partition coefficient (Wildman–Crippen LogP) is 3.52. The molecule has 0 radical (unpaired) electrons. The first kappa shape index (κ1) is 14.7. The highest BCUT2D eigenvalue weighted by atomic mass is 32.1. The van der Waals surface area contributed by atoms with Crippen molar-refractivity contribution in [1.82, 2.24) is 15.0 Å². The molecule has 4 nitrogen and oxygen atoms in total. The number of halogens is 3. The number of phenolic OH excluding ortho intramolecular Hbond substituents is 1. The molecule has 0 spiro atoms. The third-order valence-electron chi connectivity index (χ3n) is 3.14. The first-order valence-corrected chi connectivity index (χ1v) is 6.72. The van der Waals surface area contributed by atoms with Gasteiger partial charge in [-0.2, -0.15) is 13.2 Å². The second-order valence-corrected chi connectivity index (χ2v) is 5.24. The number of hydrogen-bond acceptors (Lipinski definition) is 4. The number of thiol groups is 1. The van der Waals surface area contributed by atoms with E-state index in [1.54, 1.807) is 24.3 Å². The molecule has 8 heteroatoms. The summed E-state index contributed by atoms with van der Waals surface area (Å²) in [5, 5.41) is 17.7. The Morgan fingerprint density at radius 1 is 1.18 bits per heavy atom. The monoisotopic (exact) mass is 325 g/mol. The van der Waals surface area contributed by atoms with Crippen LogP contribution in [-0.4, -0.2) is 26.3 Å². The minimum absolute atomic E-state index is 0.0522. The van der Waals surface area contributed by atoms with Gasteiger partial charge in [0.2, 0.25) is 0 Å². The maximum atomic E-state index is 12.6. The van der Waals surface area contributed by atoms with Crippen LogP contribution in [0.3, 0.4) is 0 Å². The number of nitrogens with zero attached hydrogens (tertiary/aromatic N) is 3. The van der Waals surface area contributed by atoms with Gasteiger partial charge in [-0.05, 0) is 24.3 Å². The summed E-state index contributed by atoms with van der Waals surface area (Å²) < 4.78 is 39.2. The van der Waals surface area contributed by atoms with Crippen molar-refractivity contribution in [2.24, 2.45) is 0 Å². The molecular formula is C14H10F3N3OS. The summed E-state index contributed by atoms with van der Waals surface area (Å²) >= 11 is 4.03. The van der Waals surface area contributed by atoms with Gasteiger partial charge in [-0.1, -0.05) is 17.3 Å². The molecule has 0 aliphatic rings. The molecule has 0 saturated heterocycles. The lowest BCUT2D eigenvalue weighted by atomic mass is 10.1. The number of benzene rings is 2. The van der Waals surface area contributed by atoms with Crippen molar-refractivity contribution in [3.05, 3.63) is 42.0 Å². The van der Waals surface area contributed by atoms with E-state index < -0.39 is 18.3 Å². The molecule has 2 aromatic carbocycles. The maximum absolute atomic E-state index is 12.6. The zero-order chi connectivity index (χ0) is 15.9. The van der Waals surface area contributed by atoms with E-state index in [2.05, 4.69) is 22.9 Å². The van der Waals surface area contributed by atoms with Gasteiger partial charge in [0.15, 0.2) is 0 Å². The third-order valence-corrected chi connectivity index (χ3v) is 3.48. The number of fused-ring (bicyclic) bond motifs is 1. The second kappa shape index (κ2) is 5.20. The van der Waals surface area contributed by atoms with Gasteiger partial charge < -0.3 is 5.11 Å². The first-order chi connectivity index (χ1) is 10.3. The average Bonchev–Trinajstić information content (AvgIpc) is 2.86. The summed E-state index contributed by atoms with van der Waals surface area (Å²) in [5.74, 6) is -0.478. The lowest BCUT2D eigenvalue weighted by Gasteiger charge is -2.12. The van der Waals surface area contributed by atoms with Crippen LogP contribution in [0.25, 0.3) is 16.7 Å². The van der Waals surface area contributed by atoms with Crippen LogP contribution in [0.4, 0.5) is 13.2 Å². The van der Waals surface area contributed by atoms with Gasteiger partial charge in [0.1, 0.15) is 11.3 Å². The fraction of sp³-hybridized carbons (Fsp3) is 0.143. The molecule has 0 bridgehead atoms. The summed E-state index contributed by atoms with van der Waals surface area (Å²) in [6.07, 6.45) is -5.67. The van der Waals surface area contributed by atoms with Crippen molar-refractivity contribution < 1.29 is 18.3 Å². The molecule has 1 N–H and O–H groups in total. The number of phenols is 1. The van der Waals surface area contributed by atoms with E-state index in [0.29, 0.717) is 16.7 Å². The van der Waals surface area contributed by atoms with E-state index in [1.165, 1.54) is 16.8 Å². The van der Waals surface area contributed by atoms with Crippen LogP contribution in [0.5, 0.6) is 5.75 Å². The Balaban J connectivity index is 2.15. The van der Waals surface area contributed by atoms with E-state index in [1.807, 2.05) is 0 Å². The molecule has 22 heavy (non-hydrogen) atoms. The van der Waals surface area contributed by atoms with E-state index >= 15 is 0 Å². The minimum Gasteiger partial charge on any atom is -0.506 e. The molecule has 3 aromatic rings. The lowest BCUT2D eigenvalue weighted by molar-refractivity contribution is -0.127. The average molecular weight is 325 g/mol. The fourth-order valence-electron chi connectivity index (χ4n) is 2.19. The molecule has 1 heterocycles. The maximum Gasteiger partial charge on any atom is 0.393 e. The zero-order valence-corrected chi connectivity index (χ0v) is 11.9. The standard InChI is InChI=1S/C14H10F3N3OS/c15-14(16,17)7-8-5-9(6-12(22)13(8)21)20-11-4-2-1-3-10(11)18-19-20/h1-6,21-22H,7H2. The van der Waals surface area contributed by atoms with E-state index in [-0.39, 0.29) is 10.5 Å². The summed E-state index contributed by atoms with van der Waals surface area (Å²) in [4.78, 5) is 0.0522. The summed E-state index contributed by atoms with van der Waals surface area (Å²) in [7, 11) is 0. The van der Waals surface area contributed by atoms with Crippen LogP contribution in [0.1, 0.15) is 5.56 Å². The van der Waals surface area contributed by atoms with Gasteiger partial charge in [0, 0.05) is 10.5 Å². The molecule has 0 atom stereocenters. The highest BCUT2D eigenvalue weighted by Crippen LogP contribution is 2.34. The van der Waals surface area contributed by atoms with Gasteiger partial charge in [-0.25, -0.2) is 4.68 Å². The highest BCUT2D eigenvalue weighted by Gasteiger charge is 2.30. The normalized spacial score (nSPS) is 12.0. The molecule has 114 valence electrons. The number of alkyl halides is 3. The third kappa shape index (κ3) is 2.74. The number of aromatic nitrogens is 3. The number of aromatic hydroxyl groups is 1. The highest BCUT2D eigenvalue weighted by molar-refractivity contribution is 7.80. The molecule has 0 amide bonds. The number of para-hydroxylation sites is 1. The van der Waals surface area contributed by atoms with Gasteiger partial charge in [-0.3, -0.25) is 0 Å². The van der Waals surface area contributed by atoms with Crippen molar-refractivity contribution in [3.8, 4) is 11.4 Å². The number of rotatable bonds is 2. The van der Waals surface area contributed by atoms with Crippen molar-refractivity contribution in [1.29, 1.82) is 0 Å². The van der Waals surface area contributed by atoms with E-state index in [4.69, 9.17) is 0 Å². The zero-order valence-electron chi connectivity index (χ0n) is 11.0. The van der Waals surface area contributed by atoms with Gasteiger partial charge in [0.05, 0.1) is 17.6 Å². The Morgan fingerprint density at radius 3 is 2.64 bits per heavy atom. The van der Waals surface area contributed by atoms with E-state index in [9.17, 15) is 18.3 Å². The lowest BCUT2D eigenvalue weighted by Crippen LogP contribution is -2.12. The Morgan fingerprint density at radius 2 is 1.91 bits per heavy atom. The van der Waals surface area contributed by atoms with E-state index in [0.717, 1.165) is 0 Å². The van der Waals surface area contributed by atoms with Crippen molar-refractivity contribution in [3.63, 3.8) is 0 Å². The molecule has 0 aliphatic carbocycles. The molecular weight excluding hydrogens is 315 g/mol. The molecule has 0 saturated carbocycles. The smallest absolute Gasteiger partial charge is 0.393 e. The Hall–Kier alpha value is -2.22. The second-order valence-electron chi connectivity index (χ2n) is 4.75. The summed E-state index contributed by atoms with van der Waals surface area (Å²) in [6.45, 7) is 0. The minimum atomic E-state index is -4.43. The molecule has 0 fully saturated rings. The molecule has 0 aliphatic heterocycles. The van der Waals surface area contributed by atoms with Crippen molar-refractivity contribution >= 4 is 23.7 Å². The van der Waals surface area contributed by atoms with Gasteiger partial charge in [-0.15, -0.1) is 17.7 Å². The predicted molar refractivity (Wildman–Crippen MR) is 77.5 cm³/mol. The van der Waals surface area contributed by atoms with Gasteiger partial charge >= 0.3 is 6.18 Å². The Labute approximate surface area is 128 Å². The van der Waals surface area contributed by atoms with Crippen LogP contribution in [0.2, 0.25) is 0 Å². The Bertz CT molecular complexity index is 845. The van der Waals surface area contributed by atoms with Crippen LogP contribution in [0, 0.1) is 0 Å². The van der Waals surface area contributed by atoms with Crippen LogP contribution in [-0.2, 0) is 6.42 Å². The summed E-state index contributed by atoms with van der Waals surface area (Å²) in [5.41, 5.74) is 1.37. The van der Waals surface area contributed by atoms with Crippen molar-refractivity contribution in [2.45, 2.75) is 17.5 Å². The largest absolute Gasteiger partial charge is 0.506 e. The topological polar surface area (TPSA) is 50.9 Å². The van der Waals surface area contributed by atoms with Crippen molar-refractivity contribution in [2.75, 3.05) is 0 Å². The van der Waals surface area contributed by atoms with Crippen LogP contribution < -0.4 is 0 Å². The fourth-order valence-corrected chi connectivity index (χ4v) is 2.47. The SMILES string of the molecule is Oc1c(S)cc(-n2nnc3ccccc32)cc1CC(F)(F)F. The number of hydrogen-bond donors (Lipinski definition) is 2. The van der Waals surface area contributed by atoms with Gasteiger partial charge in [0.25, 0.3) is 0 Å². The molecule has 3 rings (SSSR count). The quantitative estimate of drug-likeness (QED) is 0.709.